The molecule has 1 aromatic rings. The SMILES string of the molecule is CC(=O)O[C@@H]1[C@H](C)O[C@@H](OC2CCCCC2)C[C@H]1NC(=O)OCc1ccccc1. The lowest BCUT2D eigenvalue weighted by atomic mass is 9.96. The molecular formula is C22H31NO6. The third-order valence-electron chi connectivity index (χ3n) is 5.39. The molecule has 0 bridgehead atoms. The second-order valence-corrected chi connectivity index (χ2v) is 7.79. The smallest absolute Gasteiger partial charge is 0.407 e. The first-order valence-corrected chi connectivity index (χ1v) is 10.5. The van der Waals surface area contributed by atoms with Gasteiger partial charge in [0.05, 0.1) is 18.2 Å². The average molecular weight is 405 g/mol. The van der Waals surface area contributed by atoms with E-state index in [0.29, 0.717) is 6.42 Å². The highest BCUT2D eigenvalue weighted by molar-refractivity contribution is 5.68. The predicted octanol–water partition coefficient (Wildman–Crippen LogP) is 3.70. The minimum atomic E-state index is -0.594. The van der Waals surface area contributed by atoms with E-state index in [9.17, 15) is 9.59 Å². The standard InChI is InChI=1S/C22H31NO6/c1-15-21(28-16(2)24)19(13-20(27-15)29-18-11-7-4-8-12-18)23-22(25)26-14-17-9-5-3-6-10-17/h3,5-6,9-10,15,18-21H,4,7-8,11-14H2,1-2H3,(H,23,25)/t15-,19+,20-,21+/m0/s1. The first-order valence-electron chi connectivity index (χ1n) is 10.5. The first-order chi connectivity index (χ1) is 14.0. The van der Waals surface area contributed by atoms with Crippen molar-refractivity contribution in [3.63, 3.8) is 0 Å². The van der Waals surface area contributed by atoms with Crippen molar-refractivity contribution in [3.8, 4) is 0 Å². The molecular weight excluding hydrogens is 374 g/mol. The highest BCUT2D eigenvalue weighted by Crippen LogP contribution is 2.28. The monoisotopic (exact) mass is 405 g/mol. The lowest BCUT2D eigenvalue weighted by Crippen LogP contribution is -2.57. The van der Waals surface area contributed by atoms with E-state index in [4.69, 9.17) is 18.9 Å². The normalized spacial score (nSPS) is 27.8. The number of amides is 1. The van der Waals surface area contributed by atoms with Gasteiger partial charge >= 0.3 is 12.1 Å². The molecule has 1 aromatic carbocycles. The summed E-state index contributed by atoms with van der Waals surface area (Å²) in [5.41, 5.74) is 0.901. The molecule has 4 atom stereocenters. The average Bonchev–Trinajstić information content (AvgIpc) is 2.70. The van der Waals surface area contributed by atoms with E-state index in [1.807, 2.05) is 37.3 Å². The van der Waals surface area contributed by atoms with Gasteiger partial charge in [0.2, 0.25) is 0 Å². The van der Waals surface area contributed by atoms with Gasteiger partial charge in [0.1, 0.15) is 12.7 Å². The third kappa shape index (κ3) is 6.72. The number of benzene rings is 1. The van der Waals surface area contributed by atoms with Crippen LogP contribution in [0.15, 0.2) is 30.3 Å². The maximum atomic E-state index is 12.4. The van der Waals surface area contributed by atoms with Gasteiger partial charge in [-0.25, -0.2) is 4.79 Å². The summed E-state index contributed by atoms with van der Waals surface area (Å²) in [6.07, 6.45) is 4.21. The van der Waals surface area contributed by atoms with Gasteiger partial charge in [-0.3, -0.25) is 4.79 Å². The zero-order valence-electron chi connectivity index (χ0n) is 17.2. The van der Waals surface area contributed by atoms with Gasteiger partial charge in [0, 0.05) is 13.3 Å². The van der Waals surface area contributed by atoms with Gasteiger partial charge in [0.15, 0.2) is 6.29 Å². The number of rotatable bonds is 6. The van der Waals surface area contributed by atoms with Gasteiger partial charge in [-0.1, -0.05) is 49.6 Å². The van der Waals surface area contributed by atoms with Crippen molar-refractivity contribution in [1.29, 1.82) is 0 Å². The van der Waals surface area contributed by atoms with Crippen molar-refractivity contribution < 1.29 is 28.5 Å². The van der Waals surface area contributed by atoms with Gasteiger partial charge in [-0.15, -0.1) is 0 Å². The van der Waals surface area contributed by atoms with Crippen LogP contribution in [0.5, 0.6) is 0 Å². The molecule has 1 aliphatic carbocycles. The zero-order chi connectivity index (χ0) is 20.6. The Balaban J connectivity index is 1.58. The van der Waals surface area contributed by atoms with Crippen molar-refractivity contribution in [2.75, 3.05) is 0 Å². The molecule has 1 saturated heterocycles. The van der Waals surface area contributed by atoms with Gasteiger partial charge in [0.25, 0.3) is 0 Å². The molecule has 0 aromatic heterocycles. The molecule has 0 radical (unpaired) electrons. The predicted molar refractivity (Wildman–Crippen MR) is 106 cm³/mol. The van der Waals surface area contributed by atoms with Gasteiger partial charge < -0.3 is 24.3 Å². The van der Waals surface area contributed by atoms with Crippen LogP contribution in [0.1, 0.15) is 57.9 Å². The number of carbonyl (C=O) groups is 2. The molecule has 2 fully saturated rings. The maximum Gasteiger partial charge on any atom is 0.407 e. The van der Waals surface area contributed by atoms with Crippen molar-refractivity contribution in [1.82, 2.24) is 5.32 Å². The Morgan fingerprint density at radius 2 is 1.86 bits per heavy atom. The maximum absolute atomic E-state index is 12.4. The van der Waals surface area contributed by atoms with Gasteiger partial charge in [-0.2, -0.15) is 0 Å². The topological polar surface area (TPSA) is 83.1 Å². The fourth-order valence-electron chi connectivity index (χ4n) is 3.97. The number of hydrogen-bond acceptors (Lipinski definition) is 6. The molecule has 7 nitrogen and oxygen atoms in total. The van der Waals surface area contributed by atoms with Gasteiger partial charge in [-0.05, 0) is 25.3 Å². The highest BCUT2D eigenvalue weighted by Gasteiger charge is 2.41. The molecule has 1 aliphatic heterocycles. The lowest BCUT2D eigenvalue weighted by molar-refractivity contribution is -0.248. The van der Waals surface area contributed by atoms with E-state index in [0.717, 1.165) is 31.2 Å². The van der Waals surface area contributed by atoms with Crippen LogP contribution in [0.2, 0.25) is 0 Å². The fraction of sp³-hybridized carbons (Fsp3) is 0.636. The second kappa shape index (κ2) is 10.6. The lowest BCUT2D eigenvalue weighted by Gasteiger charge is -2.41. The third-order valence-corrected chi connectivity index (χ3v) is 5.39. The van der Waals surface area contributed by atoms with Crippen LogP contribution in [0.4, 0.5) is 4.79 Å². The second-order valence-electron chi connectivity index (χ2n) is 7.79. The minimum Gasteiger partial charge on any atom is -0.458 e. The van der Waals surface area contributed by atoms with Crippen molar-refractivity contribution >= 4 is 12.1 Å². The van der Waals surface area contributed by atoms with E-state index in [2.05, 4.69) is 5.32 Å². The van der Waals surface area contributed by atoms with Crippen LogP contribution in [-0.2, 0) is 30.3 Å². The van der Waals surface area contributed by atoms with Crippen molar-refractivity contribution in [3.05, 3.63) is 35.9 Å². The summed E-state index contributed by atoms with van der Waals surface area (Å²) >= 11 is 0. The Morgan fingerprint density at radius 1 is 1.14 bits per heavy atom. The van der Waals surface area contributed by atoms with Crippen LogP contribution < -0.4 is 5.32 Å². The Hall–Kier alpha value is -2.12. The fourth-order valence-corrected chi connectivity index (χ4v) is 3.97. The Bertz CT molecular complexity index is 661. The number of alkyl carbamates (subject to hydrolysis) is 1. The molecule has 7 heteroatoms. The van der Waals surface area contributed by atoms with Crippen LogP contribution in [0.3, 0.4) is 0 Å². The van der Waals surface area contributed by atoms with Crippen LogP contribution in [-0.4, -0.2) is 42.7 Å². The minimum absolute atomic E-state index is 0.172. The Labute approximate surface area is 172 Å². The molecule has 0 spiro atoms. The summed E-state index contributed by atoms with van der Waals surface area (Å²) in [5.74, 6) is -0.415. The van der Waals surface area contributed by atoms with E-state index in [1.54, 1.807) is 0 Å². The summed E-state index contributed by atoms with van der Waals surface area (Å²) in [7, 11) is 0. The largest absolute Gasteiger partial charge is 0.458 e. The van der Waals surface area contributed by atoms with E-state index in [-0.39, 0.29) is 12.7 Å². The van der Waals surface area contributed by atoms with E-state index < -0.39 is 36.6 Å². The van der Waals surface area contributed by atoms with E-state index >= 15 is 0 Å². The first kappa shape index (κ1) is 21.6. The summed E-state index contributed by atoms with van der Waals surface area (Å²) in [6.45, 7) is 3.35. The highest BCUT2D eigenvalue weighted by atomic mass is 16.7. The zero-order valence-corrected chi connectivity index (χ0v) is 17.2. The molecule has 3 rings (SSSR count). The summed E-state index contributed by atoms with van der Waals surface area (Å²) in [4.78, 5) is 23.9. The number of hydrogen-bond donors (Lipinski definition) is 1. The molecule has 2 aliphatic rings. The molecule has 29 heavy (non-hydrogen) atoms. The summed E-state index contributed by atoms with van der Waals surface area (Å²) < 4.78 is 22.9. The Kier molecular flexibility index (Phi) is 7.89. The summed E-state index contributed by atoms with van der Waals surface area (Å²) in [5, 5.41) is 2.84. The molecule has 1 heterocycles. The number of ether oxygens (including phenoxy) is 4. The summed E-state index contributed by atoms with van der Waals surface area (Å²) in [6, 6.07) is 9.02. The molecule has 1 saturated carbocycles. The van der Waals surface area contributed by atoms with Crippen LogP contribution >= 0.6 is 0 Å². The van der Waals surface area contributed by atoms with E-state index in [1.165, 1.54) is 13.3 Å². The number of nitrogens with one attached hydrogen (secondary N) is 1. The molecule has 0 unspecified atom stereocenters. The van der Waals surface area contributed by atoms with Crippen LogP contribution in [0, 0.1) is 0 Å². The van der Waals surface area contributed by atoms with Crippen molar-refractivity contribution in [2.45, 2.75) is 89.6 Å². The number of esters is 1. The van der Waals surface area contributed by atoms with Crippen molar-refractivity contribution in [2.24, 2.45) is 0 Å². The molecule has 1 amide bonds. The molecule has 1 N–H and O–H groups in total. The number of carbonyl (C=O) groups excluding carboxylic acids is 2. The quantitative estimate of drug-likeness (QED) is 0.727. The molecule has 160 valence electrons. The Morgan fingerprint density at radius 3 is 2.55 bits per heavy atom. The van der Waals surface area contributed by atoms with Crippen LogP contribution in [0.25, 0.3) is 0 Å².